The Kier molecular flexibility index (Phi) is 4.13. The molecule has 1 saturated carbocycles. The predicted molar refractivity (Wildman–Crippen MR) is 91.4 cm³/mol. The van der Waals surface area contributed by atoms with Gasteiger partial charge in [0.25, 0.3) is 0 Å². The van der Waals surface area contributed by atoms with E-state index in [0.29, 0.717) is 17.4 Å². The molecule has 0 radical (unpaired) electrons. The summed E-state index contributed by atoms with van der Waals surface area (Å²) in [5.74, 6) is -0.515. The van der Waals surface area contributed by atoms with Crippen molar-refractivity contribution in [3.8, 4) is 6.07 Å². The number of hydrogen-bond donors (Lipinski definition) is 1. The van der Waals surface area contributed by atoms with Crippen LogP contribution in [-0.2, 0) is 6.54 Å². The number of nitrogens with one attached hydrogen (secondary N) is 1. The van der Waals surface area contributed by atoms with Crippen molar-refractivity contribution in [1.82, 2.24) is 4.98 Å². The number of hydrogen-bond acceptors (Lipinski definition) is 4. The fraction of sp³-hybridized carbons (Fsp3) is 0.200. The van der Waals surface area contributed by atoms with Gasteiger partial charge in [0.1, 0.15) is 6.07 Å². The molecule has 4 nitrogen and oxygen atoms in total. The van der Waals surface area contributed by atoms with E-state index in [1.807, 2.05) is 24.3 Å². The first-order valence-corrected chi connectivity index (χ1v) is 8.29. The van der Waals surface area contributed by atoms with E-state index in [4.69, 9.17) is 4.42 Å². The highest BCUT2D eigenvalue weighted by Gasteiger charge is 2.43. The maximum Gasteiger partial charge on any atom is 0.232 e. The molecule has 1 aliphatic rings. The minimum atomic E-state index is -0.910. The van der Waals surface area contributed by atoms with Crippen LogP contribution in [0.3, 0.4) is 0 Å². The van der Waals surface area contributed by atoms with Crippen LogP contribution in [0.4, 0.5) is 14.7 Å². The molecule has 0 aliphatic heterocycles. The van der Waals surface area contributed by atoms with E-state index in [9.17, 15) is 14.0 Å². The highest BCUT2D eigenvalue weighted by atomic mass is 19.2. The summed E-state index contributed by atoms with van der Waals surface area (Å²) < 4.78 is 32.0. The summed E-state index contributed by atoms with van der Waals surface area (Å²) in [6.45, 7) is 0.202. The SMILES string of the molecule is N#Cc1nc([C@@H]2C[C@H]2c2ccccc2)oc1NCc1ccc(F)c(F)c1. The Bertz CT molecular complexity index is 978. The predicted octanol–water partition coefficient (Wildman–Crippen LogP) is 4.71. The molecule has 0 unspecified atom stereocenters. The molecular weight excluding hydrogens is 336 g/mol. The van der Waals surface area contributed by atoms with Crippen LogP contribution in [0.1, 0.15) is 41.0 Å². The number of benzene rings is 2. The quantitative estimate of drug-likeness (QED) is 0.723. The first-order valence-electron chi connectivity index (χ1n) is 8.29. The topological polar surface area (TPSA) is 61.9 Å². The molecule has 2 atom stereocenters. The zero-order valence-electron chi connectivity index (χ0n) is 13.7. The van der Waals surface area contributed by atoms with E-state index in [0.717, 1.165) is 18.6 Å². The van der Waals surface area contributed by atoms with Crippen LogP contribution in [0.2, 0.25) is 0 Å². The van der Waals surface area contributed by atoms with Crippen LogP contribution in [-0.4, -0.2) is 4.98 Å². The van der Waals surface area contributed by atoms with Crippen LogP contribution < -0.4 is 5.32 Å². The minimum absolute atomic E-state index is 0.156. The molecule has 2 aromatic carbocycles. The van der Waals surface area contributed by atoms with Crippen LogP contribution in [0, 0.1) is 23.0 Å². The van der Waals surface area contributed by atoms with Crippen molar-refractivity contribution in [2.24, 2.45) is 0 Å². The van der Waals surface area contributed by atoms with Gasteiger partial charge in [-0.15, -0.1) is 0 Å². The average Bonchev–Trinajstić information content (AvgIpc) is 3.36. The van der Waals surface area contributed by atoms with Crippen molar-refractivity contribution in [3.05, 3.63) is 82.9 Å². The molecule has 26 heavy (non-hydrogen) atoms. The van der Waals surface area contributed by atoms with Crippen molar-refractivity contribution in [3.63, 3.8) is 0 Å². The van der Waals surface area contributed by atoms with Crippen LogP contribution >= 0.6 is 0 Å². The third-order valence-electron chi connectivity index (χ3n) is 4.52. The minimum Gasteiger partial charge on any atom is -0.424 e. The van der Waals surface area contributed by atoms with Gasteiger partial charge >= 0.3 is 0 Å². The van der Waals surface area contributed by atoms with E-state index < -0.39 is 11.6 Å². The monoisotopic (exact) mass is 351 g/mol. The zero-order valence-corrected chi connectivity index (χ0v) is 13.7. The third-order valence-corrected chi connectivity index (χ3v) is 4.52. The van der Waals surface area contributed by atoms with E-state index in [-0.39, 0.29) is 24.0 Å². The molecule has 1 fully saturated rings. The molecule has 1 N–H and O–H groups in total. The van der Waals surface area contributed by atoms with Crippen molar-refractivity contribution in [2.75, 3.05) is 5.32 Å². The van der Waals surface area contributed by atoms with E-state index in [1.165, 1.54) is 11.6 Å². The number of nitriles is 1. The van der Waals surface area contributed by atoms with E-state index in [2.05, 4.69) is 22.4 Å². The molecule has 0 bridgehead atoms. The summed E-state index contributed by atoms with van der Waals surface area (Å²) in [7, 11) is 0. The van der Waals surface area contributed by atoms with Gasteiger partial charge in [-0.25, -0.2) is 13.8 Å². The van der Waals surface area contributed by atoms with Gasteiger partial charge in [0.15, 0.2) is 11.6 Å². The van der Waals surface area contributed by atoms with Crippen LogP contribution in [0.5, 0.6) is 0 Å². The van der Waals surface area contributed by atoms with Gasteiger partial charge in [0, 0.05) is 12.5 Å². The highest BCUT2D eigenvalue weighted by Crippen LogP contribution is 2.54. The van der Waals surface area contributed by atoms with Crippen molar-refractivity contribution in [1.29, 1.82) is 5.26 Å². The standard InChI is InChI=1S/C20H15F2N3O/c21-16-7-6-12(8-17(16)22)11-24-20-18(10-23)25-19(26-20)15-9-14(15)13-4-2-1-3-5-13/h1-8,14-15,24H,9,11H2/t14-,15+/m0/s1. The van der Waals surface area contributed by atoms with Crippen molar-refractivity contribution in [2.45, 2.75) is 24.8 Å². The lowest BCUT2D eigenvalue weighted by molar-refractivity contribution is 0.502. The summed E-state index contributed by atoms with van der Waals surface area (Å²) in [5, 5.41) is 12.2. The Morgan fingerprint density at radius 1 is 1.12 bits per heavy atom. The van der Waals surface area contributed by atoms with Crippen molar-refractivity contribution >= 4 is 5.88 Å². The second-order valence-corrected chi connectivity index (χ2v) is 6.30. The lowest BCUT2D eigenvalue weighted by Gasteiger charge is -2.04. The number of halogens is 2. The molecule has 3 aromatic rings. The molecule has 1 aromatic heterocycles. The normalized spacial score (nSPS) is 18.3. The molecular formula is C20H15F2N3O. The van der Waals surface area contributed by atoms with Crippen LogP contribution in [0.15, 0.2) is 52.9 Å². The number of anilines is 1. The van der Waals surface area contributed by atoms with Gasteiger partial charge in [-0.05, 0) is 35.6 Å². The maximum absolute atomic E-state index is 13.3. The Hall–Kier alpha value is -3.20. The Morgan fingerprint density at radius 2 is 1.92 bits per heavy atom. The zero-order chi connectivity index (χ0) is 18.1. The van der Waals surface area contributed by atoms with Crippen LogP contribution in [0.25, 0.3) is 0 Å². The second-order valence-electron chi connectivity index (χ2n) is 6.30. The van der Waals surface area contributed by atoms with Gasteiger partial charge < -0.3 is 9.73 Å². The van der Waals surface area contributed by atoms with E-state index in [1.54, 1.807) is 0 Å². The Labute approximate surface area is 149 Å². The Balaban J connectivity index is 1.48. The third kappa shape index (κ3) is 3.16. The molecule has 0 amide bonds. The van der Waals surface area contributed by atoms with Gasteiger partial charge in [0.2, 0.25) is 17.5 Å². The van der Waals surface area contributed by atoms with Gasteiger partial charge in [-0.3, -0.25) is 0 Å². The lowest BCUT2D eigenvalue weighted by Crippen LogP contribution is -2.01. The fourth-order valence-electron chi connectivity index (χ4n) is 3.06. The number of aromatic nitrogens is 1. The van der Waals surface area contributed by atoms with Crippen molar-refractivity contribution < 1.29 is 13.2 Å². The molecule has 130 valence electrons. The first-order chi connectivity index (χ1) is 12.7. The molecule has 1 aliphatic carbocycles. The van der Waals surface area contributed by atoms with Gasteiger partial charge in [-0.1, -0.05) is 36.4 Å². The summed E-state index contributed by atoms with van der Waals surface area (Å²) >= 11 is 0. The molecule has 0 spiro atoms. The van der Waals surface area contributed by atoms with Gasteiger partial charge in [0.05, 0.1) is 0 Å². The first kappa shape index (κ1) is 16.3. The number of nitrogens with zero attached hydrogens (tertiary/aromatic N) is 2. The number of oxazole rings is 1. The molecule has 0 saturated heterocycles. The molecule has 4 rings (SSSR count). The Morgan fingerprint density at radius 3 is 2.65 bits per heavy atom. The van der Waals surface area contributed by atoms with E-state index >= 15 is 0 Å². The smallest absolute Gasteiger partial charge is 0.232 e. The summed E-state index contributed by atoms with van der Waals surface area (Å²) in [5.41, 5.74) is 1.94. The van der Waals surface area contributed by atoms with Gasteiger partial charge in [-0.2, -0.15) is 5.26 Å². The summed E-state index contributed by atoms with van der Waals surface area (Å²) in [6.07, 6.45) is 0.929. The second kappa shape index (κ2) is 6.60. The maximum atomic E-state index is 13.3. The molecule has 1 heterocycles. The lowest BCUT2D eigenvalue weighted by atomic mass is 10.1. The largest absolute Gasteiger partial charge is 0.424 e. The average molecular weight is 351 g/mol. The fourth-order valence-corrected chi connectivity index (χ4v) is 3.06. The molecule has 6 heteroatoms. The highest BCUT2D eigenvalue weighted by molar-refractivity contribution is 5.47. The summed E-state index contributed by atoms with van der Waals surface area (Å²) in [6, 6.07) is 15.8. The number of rotatable bonds is 5. The summed E-state index contributed by atoms with van der Waals surface area (Å²) in [4.78, 5) is 4.29.